The molecule has 0 aliphatic carbocycles. The van der Waals surface area contributed by atoms with Gasteiger partial charge in [0.25, 0.3) is 5.91 Å². The van der Waals surface area contributed by atoms with Crippen LogP contribution in [0.25, 0.3) is 0 Å². The normalized spacial score (nSPS) is 10.5. The van der Waals surface area contributed by atoms with Gasteiger partial charge in [-0.3, -0.25) is 4.79 Å². The van der Waals surface area contributed by atoms with Crippen molar-refractivity contribution in [3.8, 4) is 0 Å². The first-order valence-electron chi connectivity index (χ1n) is 9.64. The molecule has 0 spiro atoms. The van der Waals surface area contributed by atoms with Gasteiger partial charge in [0.2, 0.25) is 0 Å². The van der Waals surface area contributed by atoms with Crippen molar-refractivity contribution in [1.29, 1.82) is 0 Å². The molecule has 1 aromatic heterocycles. The van der Waals surface area contributed by atoms with Crippen LogP contribution in [0.15, 0.2) is 60.7 Å². The van der Waals surface area contributed by atoms with Crippen LogP contribution in [0.5, 0.6) is 0 Å². The summed E-state index contributed by atoms with van der Waals surface area (Å²) in [5, 5.41) is 2.99. The van der Waals surface area contributed by atoms with Gasteiger partial charge in [0.05, 0.1) is 0 Å². The smallest absolute Gasteiger partial charge is 0.274 e. The molecule has 0 aliphatic rings. The van der Waals surface area contributed by atoms with Crippen LogP contribution in [0.4, 0.5) is 11.5 Å². The Bertz CT molecular complexity index is 940. The van der Waals surface area contributed by atoms with Crippen molar-refractivity contribution in [3.05, 3.63) is 83.3 Å². The topological polar surface area (TPSA) is 58.1 Å². The monoisotopic (exact) mass is 374 g/mol. The van der Waals surface area contributed by atoms with Gasteiger partial charge in [-0.25, -0.2) is 9.97 Å². The van der Waals surface area contributed by atoms with Crippen LogP contribution < -0.4 is 10.2 Å². The van der Waals surface area contributed by atoms with Gasteiger partial charge in [-0.2, -0.15) is 0 Å². The SMILES string of the molecule is CCc1ccccc1NC(=O)c1cc(N(CC)Cc2ccccc2)nc(C)n1. The van der Waals surface area contributed by atoms with Crippen LogP contribution in [0.3, 0.4) is 0 Å². The fourth-order valence-electron chi connectivity index (χ4n) is 3.13. The van der Waals surface area contributed by atoms with Crippen molar-refractivity contribution in [2.24, 2.45) is 0 Å². The molecule has 1 heterocycles. The molecule has 3 aromatic rings. The maximum atomic E-state index is 12.8. The van der Waals surface area contributed by atoms with E-state index in [1.54, 1.807) is 6.07 Å². The van der Waals surface area contributed by atoms with Crippen molar-refractivity contribution >= 4 is 17.4 Å². The fraction of sp³-hybridized carbons (Fsp3) is 0.261. The van der Waals surface area contributed by atoms with Gasteiger partial charge in [0, 0.05) is 24.8 Å². The molecule has 1 N–H and O–H groups in total. The van der Waals surface area contributed by atoms with Crippen molar-refractivity contribution in [2.75, 3.05) is 16.8 Å². The van der Waals surface area contributed by atoms with Gasteiger partial charge in [-0.05, 0) is 37.5 Å². The highest BCUT2D eigenvalue weighted by Crippen LogP contribution is 2.19. The minimum absolute atomic E-state index is 0.219. The Labute approximate surface area is 166 Å². The number of nitrogens with zero attached hydrogens (tertiary/aromatic N) is 3. The average Bonchev–Trinajstić information content (AvgIpc) is 2.72. The molecular weight excluding hydrogens is 348 g/mol. The number of rotatable bonds is 7. The molecule has 0 unspecified atom stereocenters. The summed E-state index contributed by atoms with van der Waals surface area (Å²) >= 11 is 0. The predicted molar refractivity (Wildman–Crippen MR) is 114 cm³/mol. The molecule has 5 heteroatoms. The Balaban J connectivity index is 1.84. The second kappa shape index (κ2) is 9.13. The Morgan fingerprint density at radius 1 is 1.00 bits per heavy atom. The third-order valence-electron chi connectivity index (χ3n) is 4.63. The number of aryl methyl sites for hydroxylation is 2. The molecule has 0 saturated carbocycles. The van der Waals surface area contributed by atoms with E-state index < -0.39 is 0 Å². The molecule has 5 nitrogen and oxygen atoms in total. The first-order chi connectivity index (χ1) is 13.6. The summed E-state index contributed by atoms with van der Waals surface area (Å²) in [4.78, 5) is 23.9. The largest absolute Gasteiger partial charge is 0.352 e. The molecule has 0 fully saturated rings. The van der Waals surface area contributed by atoms with E-state index in [1.807, 2.05) is 49.4 Å². The number of carbonyl (C=O) groups excluding carboxylic acids is 1. The maximum Gasteiger partial charge on any atom is 0.274 e. The van der Waals surface area contributed by atoms with Crippen LogP contribution in [0.2, 0.25) is 0 Å². The van der Waals surface area contributed by atoms with E-state index in [4.69, 9.17) is 0 Å². The lowest BCUT2D eigenvalue weighted by Crippen LogP contribution is -2.25. The van der Waals surface area contributed by atoms with Crippen LogP contribution in [0.1, 0.15) is 41.3 Å². The molecular formula is C23H26N4O. The number of carbonyl (C=O) groups is 1. The van der Waals surface area contributed by atoms with Crippen LogP contribution in [-0.4, -0.2) is 22.4 Å². The summed E-state index contributed by atoms with van der Waals surface area (Å²) in [7, 11) is 0. The summed E-state index contributed by atoms with van der Waals surface area (Å²) in [5.41, 5.74) is 3.49. The number of amides is 1. The van der Waals surface area contributed by atoms with E-state index in [0.29, 0.717) is 11.5 Å². The molecule has 0 saturated heterocycles. The van der Waals surface area contributed by atoms with Gasteiger partial charge < -0.3 is 10.2 Å². The van der Waals surface area contributed by atoms with Gasteiger partial charge >= 0.3 is 0 Å². The zero-order valence-corrected chi connectivity index (χ0v) is 16.6. The maximum absolute atomic E-state index is 12.8. The Hall–Kier alpha value is -3.21. The molecule has 2 aromatic carbocycles. The van der Waals surface area contributed by atoms with Crippen LogP contribution >= 0.6 is 0 Å². The van der Waals surface area contributed by atoms with E-state index in [1.165, 1.54) is 5.56 Å². The van der Waals surface area contributed by atoms with Gasteiger partial charge in [0.15, 0.2) is 0 Å². The summed E-state index contributed by atoms with van der Waals surface area (Å²) in [6.45, 7) is 7.48. The average molecular weight is 374 g/mol. The highest BCUT2D eigenvalue weighted by molar-refractivity contribution is 6.03. The highest BCUT2D eigenvalue weighted by Gasteiger charge is 2.15. The summed E-state index contributed by atoms with van der Waals surface area (Å²) in [6.07, 6.45) is 0.852. The number of hydrogen-bond donors (Lipinski definition) is 1. The predicted octanol–water partition coefficient (Wildman–Crippen LogP) is 4.63. The molecule has 144 valence electrons. The lowest BCUT2D eigenvalue weighted by molar-refractivity contribution is 0.102. The second-order valence-corrected chi connectivity index (χ2v) is 6.62. The zero-order valence-electron chi connectivity index (χ0n) is 16.6. The Morgan fingerprint density at radius 2 is 1.71 bits per heavy atom. The number of anilines is 2. The van der Waals surface area contributed by atoms with E-state index in [2.05, 4.69) is 46.2 Å². The third kappa shape index (κ3) is 4.74. The molecule has 0 aliphatic heterocycles. The van der Waals surface area contributed by atoms with E-state index in [-0.39, 0.29) is 5.91 Å². The van der Waals surface area contributed by atoms with E-state index in [9.17, 15) is 4.79 Å². The first-order valence-corrected chi connectivity index (χ1v) is 9.64. The van der Waals surface area contributed by atoms with Crippen LogP contribution in [0, 0.1) is 6.92 Å². The molecule has 3 rings (SSSR count). The van der Waals surface area contributed by atoms with Crippen molar-refractivity contribution in [1.82, 2.24) is 9.97 Å². The lowest BCUT2D eigenvalue weighted by atomic mass is 10.1. The lowest BCUT2D eigenvalue weighted by Gasteiger charge is -2.23. The molecule has 0 bridgehead atoms. The molecule has 0 atom stereocenters. The Morgan fingerprint density at radius 3 is 2.43 bits per heavy atom. The number of nitrogens with one attached hydrogen (secondary N) is 1. The minimum Gasteiger partial charge on any atom is -0.352 e. The first kappa shape index (κ1) is 19.5. The minimum atomic E-state index is -0.219. The van der Waals surface area contributed by atoms with Crippen molar-refractivity contribution < 1.29 is 4.79 Å². The van der Waals surface area contributed by atoms with E-state index >= 15 is 0 Å². The van der Waals surface area contributed by atoms with Crippen molar-refractivity contribution in [2.45, 2.75) is 33.7 Å². The quantitative estimate of drug-likeness (QED) is 0.655. The third-order valence-corrected chi connectivity index (χ3v) is 4.63. The summed E-state index contributed by atoms with van der Waals surface area (Å²) in [5.74, 6) is 1.12. The second-order valence-electron chi connectivity index (χ2n) is 6.62. The van der Waals surface area contributed by atoms with E-state index in [0.717, 1.165) is 36.6 Å². The molecule has 0 radical (unpaired) electrons. The summed E-state index contributed by atoms with van der Waals surface area (Å²) < 4.78 is 0. The highest BCUT2D eigenvalue weighted by atomic mass is 16.1. The Kier molecular flexibility index (Phi) is 6.37. The van der Waals surface area contributed by atoms with Crippen molar-refractivity contribution in [3.63, 3.8) is 0 Å². The fourth-order valence-corrected chi connectivity index (χ4v) is 3.13. The molecule has 28 heavy (non-hydrogen) atoms. The van der Waals surface area contributed by atoms with Gasteiger partial charge in [-0.1, -0.05) is 55.5 Å². The molecule has 1 amide bonds. The van der Waals surface area contributed by atoms with Crippen LogP contribution in [-0.2, 0) is 13.0 Å². The number of aromatic nitrogens is 2. The zero-order chi connectivity index (χ0) is 19.9. The van der Waals surface area contributed by atoms with Gasteiger partial charge in [0.1, 0.15) is 17.3 Å². The standard InChI is InChI=1S/C23H26N4O/c1-4-19-13-9-10-14-20(19)26-23(28)21-15-22(25-17(3)24-21)27(5-2)16-18-11-7-6-8-12-18/h6-15H,4-5,16H2,1-3H3,(H,26,28). The summed E-state index contributed by atoms with van der Waals surface area (Å²) in [6, 6.07) is 19.8. The number of para-hydroxylation sites is 1. The number of benzene rings is 2. The van der Waals surface area contributed by atoms with Gasteiger partial charge in [-0.15, -0.1) is 0 Å². The number of hydrogen-bond acceptors (Lipinski definition) is 4.